The summed E-state index contributed by atoms with van der Waals surface area (Å²) in [6, 6.07) is 4.64. The Morgan fingerprint density at radius 3 is 2.75 bits per heavy atom. The number of hydrogen-bond donors (Lipinski definition) is 2. The van der Waals surface area contributed by atoms with Gasteiger partial charge in [0.05, 0.1) is 17.8 Å². The fourth-order valence-corrected chi connectivity index (χ4v) is 2.60. The van der Waals surface area contributed by atoms with Crippen LogP contribution in [0.4, 0.5) is 18.9 Å². The van der Waals surface area contributed by atoms with E-state index in [0.29, 0.717) is 0 Å². The number of rotatable bonds is 3. The highest BCUT2D eigenvalue weighted by molar-refractivity contribution is 6.02. The van der Waals surface area contributed by atoms with Crippen LogP contribution in [0.1, 0.15) is 34.9 Å². The summed E-state index contributed by atoms with van der Waals surface area (Å²) >= 11 is 0. The van der Waals surface area contributed by atoms with Crippen molar-refractivity contribution in [2.45, 2.75) is 25.1 Å². The van der Waals surface area contributed by atoms with Crippen LogP contribution in [0.25, 0.3) is 0 Å². The second-order valence-corrected chi connectivity index (χ2v) is 5.60. The molecule has 2 aromatic rings. The zero-order valence-corrected chi connectivity index (χ0v) is 12.7. The summed E-state index contributed by atoms with van der Waals surface area (Å²) in [5.41, 5.74) is -0.684. The van der Waals surface area contributed by atoms with Crippen molar-refractivity contribution < 1.29 is 18.0 Å². The number of anilines is 1. The van der Waals surface area contributed by atoms with Gasteiger partial charge in [0.1, 0.15) is 0 Å². The van der Waals surface area contributed by atoms with Crippen molar-refractivity contribution in [3.8, 4) is 0 Å². The maximum atomic E-state index is 12.7. The average Bonchev–Trinajstić information content (AvgIpc) is 3.05. The van der Waals surface area contributed by atoms with E-state index in [2.05, 4.69) is 20.9 Å². The number of piperidine rings is 1. The number of carbonyl (C=O) groups is 1. The molecule has 128 valence electrons. The lowest BCUT2D eigenvalue weighted by molar-refractivity contribution is -0.137. The normalized spacial score (nSPS) is 16.1. The highest BCUT2D eigenvalue weighted by Gasteiger charge is 2.30. The van der Waals surface area contributed by atoms with Gasteiger partial charge in [-0.25, -0.2) is 4.68 Å². The van der Waals surface area contributed by atoms with Gasteiger partial charge >= 0.3 is 6.18 Å². The largest absolute Gasteiger partial charge is 0.416 e. The van der Waals surface area contributed by atoms with Gasteiger partial charge < -0.3 is 10.6 Å². The molecular formula is C15H16F3N5O. The Hall–Kier alpha value is -2.42. The summed E-state index contributed by atoms with van der Waals surface area (Å²) in [5, 5.41) is 13.4. The Labute approximate surface area is 136 Å². The van der Waals surface area contributed by atoms with Gasteiger partial charge in [0.25, 0.3) is 5.91 Å². The predicted octanol–water partition coefficient (Wildman–Crippen LogP) is 2.47. The monoisotopic (exact) mass is 339 g/mol. The van der Waals surface area contributed by atoms with Gasteiger partial charge in [0.15, 0.2) is 5.69 Å². The molecule has 1 aliphatic heterocycles. The fourth-order valence-electron chi connectivity index (χ4n) is 2.60. The van der Waals surface area contributed by atoms with Crippen molar-refractivity contribution in [3.05, 3.63) is 41.7 Å². The van der Waals surface area contributed by atoms with Gasteiger partial charge in [0.2, 0.25) is 0 Å². The molecule has 0 aliphatic carbocycles. The highest BCUT2D eigenvalue weighted by atomic mass is 19.4. The molecule has 0 saturated carbocycles. The number of alkyl halides is 3. The van der Waals surface area contributed by atoms with Crippen LogP contribution in [0, 0.1) is 0 Å². The topological polar surface area (TPSA) is 71.8 Å². The summed E-state index contributed by atoms with van der Waals surface area (Å²) in [4.78, 5) is 12.2. The third-order valence-electron chi connectivity index (χ3n) is 3.87. The molecule has 1 saturated heterocycles. The molecule has 1 amide bonds. The lowest BCUT2D eigenvalue weighted by Crippen LogP contribution is -2.29. The predicted molar refractivity (Wildman–Crippen MR) is 80.6 cm³/mol. The van der Waals surface area contributed by atoms with Crippen LogP contribution in [0.2, 0.25) is 0 Å². The number of halogens is 3. The maximum absolute atomic E-state index is 12.7. The first-order valence-corrected chi connectivity index (χ1v) is 7.54. The van der Waals surface area contributed by atoms with Gasteiger partial charge in [-0.2, -0.15) is 13.2 Å². The number of aromatic nitrogens is 3. The number of benzene rings is 1. The molecule has 9 heteroatoms. The van der Waals surface area contributed by atoms with Crippen LogP contribution in [0.3, 0.4) is 0 Å². The standard InChI is InChI=1S/C15H16F3N5O/c16-15(17,18)10-2-1-3-11(8-10)20-14(24)13-9-23(22-21-13)12-4-6-19-7-5-12/h1-3,8-9,12,19H,4-7H2,(H,20,24). The van der Waals surface area contributed by atoms with Gasteiger partial charge in [-0.3, -0.25) is 4.79 Å². The van der Waals surface area contributed by atoms with Crippen LogP contribution in [0.5, 0.6) is 0 Å². The van der Waals surface area contributed by atoms with Crippen molar-refractivity contribution in [2.75, 3.05) is 18.4 Å². The van der Waals surface area contributed by atoms with Crippen LogP contribution in [-0.4, -0.2) is 34.0 Å². The first kappa shape index (κ1) is 16.4. The van der Waals surface area contributed by atoms with Crippen molar-refractivity contribution >= 4 is 11.6 Å². The van der Waals surface area contributed by atoms with Crippen LogP contribution < -0.4 is 10.6 Å². The first-order valence-electron chi connectivity index (χ1n) is 7.54. The quantitative estimate of drug-likeness (QED) is 0.901. The lowest BCUT2D eigenvalue weighted by Gasteiger charge is -2.22. The molecule has 6 nitrogen and oxygen atoms in total. The number of amides is 1. The summed E-state index contributed by atoms with van der Waals surface area (Å²) in [5.74, 6) is -0.588. The third-order valence-corrected chi connectivity index (χ3v) is 3.87. The van der Waals surface area contributed by atoms with E-state index in [9.17, 15) is 18.0 Å². The lowest BCUT2D eigenvalue weighted by atomic mass is 10.1. The second-order valence-electron chi connectivity index (χ2n) is 5.60. The fraction of sp³-hybridized carbons (Fsp3) is 0.400. The zero-order chi connectivity index (χ0) is 17.2. The molecular weight excluding hydrogens is 323 g/mol. The number of carbonyl (C=O) groups excluding carboxylic acids is 1. The maximum Gasteiger partial charge on any atom is 0.416 e. The summed E-state index contributed by atoms with van der Waals surface area (Å²) < 4.78 is 39.7. The van der Waals surface area contributed by atoms with E-state index < -0.39 is 17.6 Å². The van der Waals surface area contributed by atoms with Gasteiger partial charge in [0, 0.05) is 5.69 Å². The molecule has 1 aromatic heterocycles. The molecule has 1 aliphatic rings. The van der Waals surface area contributed by atoms with E-state index >= 15 is 0 Å². The van der Waals surface area contributed by atoms with E-state index in [-0.39, 0.29) is 17.4 Å². The van der Waals surface area contributed by atoms with Crippen molar-refractivity contribution in [2.24, 2.45) is 0 Å². The van der Waals surface area contributed by atoms with E-state index in [0.717, 1.165) is 38.1 Å². The number of nitrogens with one attached hydrogen (secondary N) is 2. The van der Waals surface area contributed by atoms with Crippen LogP contribution in [0.15, 0.2) is 30.5 Å². The van der Waals surface area contributed by atoms with Crippen molar-refractivity contribution in [1.82, 2.24) is 20.3 Å². The van der Waals surface area contributed by atoms with Crippen LogP contribution in [-0.2, 0) is 6.18 Å². The first-order chi connectivity index (χ1) is 11.4. The summed E-state index contributed by atoms with van der Waals surface area (Å²) in [6.45, 7) is 1.74. The zero-order valence-electron chi connectivity index (χ0n) is 12.7. The number of nitrogens with zero attached hydrogens (tertiary/aromatic N) is 3. The smallest absolute Gasteiger partial charge is 0.321 e. The van der Waals surface area contributed by atoms with Gasteiger partial charge in [-0.1, -0.05) is 11.3 Å². The Balaban J connectivity index is 1.70. The van der Waals surface area contributed by atoms with Gasteiger partial charge in [-0.15, -0.1) is 5.10 Å². The molecule has 24 heavy (non-hydrogen) atoms. The minimum atomic E-state index is -4.46. The Morgan fingerprint density at radius 1 is 1.29 bits per heavy atom. The third kappa shape index (κ3) is 3.73. The molecule has 2 N–H and O–H groups in total. The summed E-state index contributed by atoms with van der Waals surface area (Å²) in [6.07, 6.45) is -1.16. The number of hydrogen-bond acceptors (Lipinski definition) is 4. The minimum Gasteiger partial charge on any atom is -0.321 e. The second kappa shape index (κ2) is 6.60. The van der Waals surface area contributed by atoms with Crippen molar-refractivity contribution in [1.29, 1.82) is 0 Å². The molecule has 0 unspecified atom stereocenters. The molecule has 1 fully saturated rings. The molecule has 0 atom stereocenters. The average molecular weight is 339 g/mol. The minimum absolute atomic E-state index is 0.0613. The van der Waals surface area contributed by atoms with Crippen LogP contribution >= 0.6 is 0 Å². The molecule has 0 spiro atoms. The Bertz CT molecular complexity index is 722. The Morgan fingerprint density at radius 2 is 2.04 bits per heavy atom. The highest BCUT2D eigenvalue weighted by Crippen LogP contribution is 2.30. The summed E-state index contributed by atoms with van der Waals surface area (Å²) in [7, 11) is 0. The van der Waals surface area contributed by atoms with E-state index in [1.165, 1.54) is 18.3 Å². The molecule has 0 bridgehead atoms. The van der Waals surface area contributed by atoms with Gasteiger partial charge in [-0.05, 0) is 44.1 Å². The molecule has 0 radical (unpaired) electrons. The molecule has 2 heterocycles. The molecule has 3 rings (SSSR count). The van der Waals surface area contributed by atoms with E-state index in [1.54, 1.807) is 4.68 Å². The SMILES string of the molecule is O=C(Nc1cccc(C(F)(F)F)c1)c1cn(C2CCNCC2)nn1. The Kier molecular flexibility index (Phi) is 4.52. The van der Waals surface area contributed by atoms with E-state index in [1.807, 2.05) is 0 Å². The molecule has 1 aromatic carbocycles. The van der Waals surface area contributed by atoms with E-state index in [4.69, 9.17) is 0 Å². The van der Waals surface area contributed by atoms with Crippen molar-refractivity contribution in [3.63, 3.8) is 0 Å².